The molecule has 2 rings (SSSR count). The standard InChI is InChI=1S/C15H19NO3/c1-15(2,3)12-9-11(14(18)19-12)13(17)16-10-7-5-4-6-8-10/h4-8,11-12H,9H2,1-3H3,(H,16,17). The quantitative estimate of drug-likeness (QED) is 0.657. The van der Waals surface area contributed by atoms with Gasteiger partial charge in [0.25, 0.3) is 0 Å². The van der Waals surface area contributed by atoms with Crippen LogP contribution in [0.4, 0.5) is 5.69 Å². The molecule has 1 aromatic rings. The van der Waals surface area contributed by atoms with E-state index in [0.29, 0.717) is 12.1 Å². The van der Waals surface area contributed by atoms with E-state index in [1.165, 1.54) is 0 Å². The largest absolute Gasteiger partial charge is 0.461 e. The van der Waals surface area contributed by atoms with E-state index in [2.05, 4.69) is 5.32 Å². The summed E-state index contributed by atoms with van der Waals surface area (Å²) in [6, 6.07) is 9.12. The topological polar surface area (TPSA) is 55.4 Å². The van der Waals surface area contributed by atoms with Gasteiger partial charge in [0.05, 0.1) is 0 Å². The van der Waals surface area contributed by atoms with Crippen LogP contribution in [-0.4, -0.2) is 18.0 Å². The third-order valence-corrected chi connectivity index (χ3v) is 3.32. The normalized spacial score (nSPS) is 23.0. The van der Waals surface area contributed by atoms with Gasteiger partial charge in [0.1, 0.15) is 12.0 Å². The lowest BCUT2D eigenvalue weighted by Gasteiger charge is -2.24. The van der Waals surface area contributed by atoms with Crippen LogP contribution in [0.1, 0.15) is 27.2 Å². The van der Waals surface area contributed by atoms with Gasteiger partial charge in [0.15, 0.2) is 0 Å². The zero-order valence-corrected chi connectivity index (χ0v) is 11.5. The van der Waals surface area contributed by atoms with E-state index in [1.807, 2.05) is 39.0 Å². The first-order chi connectivity index (χ1) is 8.88. The average molecular weight is 261 g/mol. The number of anilines is 1. The second-order valence-electron chi connectivity index (χ2n) is 5.94. The van der Waals surface area contributed by atoms with Crippen LogP contribution in [0.25, 0.3) is 0 Å². The van der Waals surface area contributed by atoms with Crippen LogP contribution in [0.2, 0.25) is 0 Å². The molecule has 1 saturated heterocycles. The Morgan fingerprint density at radius 1 is 1.26 bits per heavy atom. The molecule has 2 unspecified atom stereocenters. The summed E-state index contributed by atoms with van der Waals surface area (Å²) in [5.41, 5.74) is 0.553. The average Bonchev–Trinajstić information content (AvgIpc) is 2.72. The van der Waals surface area contributed by atoms with Gasteiger partial charge < -0.3 is 10.1 Å². The number of hydrogen-bond acceptors (Lipinski definition) is 3. The molecular formula is C15H19NO3. The molecule has 1 aromatic carbocycles. The van der Waals surface area contributed by atoms with Gasteiger partial charge >= 0.3 is 5.97 Å². The molecule has 1 aliphatic heterocycles. The SMILES string of the molecule is CC(C)(C)C1CC(C(=O)Nc2ccccc2)C(=O)O1. The number of amides is 1. The van der Waals surface area contributed by atoms with Crippen LogP contribution >= 0.6 is 0 Å². The van der Waals surface area contributed by atoms with Gasteiger partial charge in [-0.05, 0) is 17.5 Å². The molecule has 1 aliphatic rings. The highest BCUT2D eigenvalue weighted by Gasteiger charge is 2.44. The lowest BCUT2D eigenvalue weighted by molar-refractivity contribution is -0.149. The maximum Gasteiger partial charge on any atom is 0.318 e. The minimum absolute atomic E-state index is 0.141. The van der Waals surface area contributed by atoms with Crippen molar-refractivity contribution in [1.82, 2.24) is 0 Å². The maximum absolute atomic E-state index is 12.1. The summed E-state index contributed by atoms with van der Waals surface area (Å²) in [4.78, 5) is 23.9. The van der Waals surface area contributed by atoms with Crippen LogP contribution < -0.4 is 5.32 Å². The minimum atomic E-state index is -0.704. The fourth-order valence-corrected chi connectivity index (χ4v) is 2.08. The van der Waals surface area contributed by atoms with Crippen molar-refractivity contribution >= 4 is 17.6 Å². The van der Waals surface area contributed by atoms with E-state index in [4.69, 9.17) is 4.74 Å². The first-order valence-electron chi connectivity index (χ1n) is 6.44. The Labute approximate surface area is 113 Å². The van der Waals surface area contributed by atoms with Crippen LogP contribution in [0.3, 0.4) is 0 Å². The molecule has 0 radical (unpaired) electrons. The third kappa shape index (κ3) is 3.13. The fourth-order valence-electron chi connectivity index (χ4n) is 2.08. The zero-order valence-electron chi connectivity index (χ0n) is 11.5. The molecule has 1 fully saturated rings. The van der Waals surface area contributed by atoms with E-state index < -0.39 is 11.9 Å². The van der Waals surface area contributed by atoms with E-state index in [-0.39, 0.29) is 17.4 Å². The second-order valence-corrected chi connectivity index (χ2v) is 5.94. The van der Waals surface area contributed by atoms with Gasteiger partial charge in [-0.3, -0.25) is 9.59 Å². The first-order valence-corrected chi connectivity index (χ1v) is 6.44. The molecule has 4 nitrogen and oxygen atoms in total. The van der Waals surface area contributed by atoms with Crippen molar-refractivity contribution < 1.29 is 14.3 Å². The number of benzene rings is 1. The lowest BCUT2D eigenvalue weighted by atomic mass is 9.85. The smallest absolute Gasteiger partial charge is 0.318 e. The van der Waals surface area contributed by atoms with Crippen molar-refractivity contribution in [2.45, 2.75) is 33.3 Å². The number of hydrogen-bond donors (Lipinski definition) is 1. The number of carbonyl (C=O) groups is 2. The Bertz CT molecular complexity index is 476. The molecule has 0 aliphatic carbocycles. The Morgan fingerprint density at radius 3 is 2.42 bits per heavy atom. The zero-order chi connectivity index (χ0) is 14.0. The highest BCUT2D eigenvalue weighted by molar-refractivity contribution is 6.05. The van der Waals surface area contributed by atoms with Gasteiger partial charge in [0.2, 0.25) is 5.91 Å². The van der Waals surface area contributed by atoms with E-state index in [0.717, 1.165) is 0 Å². The van der Waals surface area contributed by atoms with Crippen molar-refractivity contribution in [3.63, 3.8) is 0 Å². The van der Waals surface area contributed by atoms with Gasteiger partial charge in [0, 0.05) is 12.1 Å². The summed E-state index contributed by atoms with van der Waals surface area (Å²) in [7, 11) is 0. The molecular weight excluding hydrogens is 242 g/mol. The van der Waals surface area contributed by atoms with Crippen molar-refractivity contribution in [2.75, 3.05) is 5.32 Å². The first kappa shape index (κ1) is 13.6. The van der Waals surface area contributed by atoms with Gasteiger partial charge in [-0.2, -0.15) is 0 Å². The number of carbonyl (C=O) groups excluding carboxylic acids is 2. The maximum atomic E-state index is 12.1. The predicted molar refractivity (Wildman–Crippen MR) is 72.5 cm³/mol. The summed E-state index contributed by atoms with van der Waals surface area (Å²) in [6.45, 7) is 6.01. The Hall–Kier alpha value is -1.84. The van der Waals surface area contributed by atoms with Crippen LogP contribution in [0.5, 0.6) is 0 Å². The summed E-state index contributed by atoms with van der Waals surface area (Å²) < 4.78 is 5.30. The molecule has 0 bridgehead atoms. The van der Waals surface area contributed by atoms with Crippen LogP contribution in [-0.2, 0) is 14.3 Å². The lowest BCUT2D eigenvalue weighted by Crippen LogP contribution is -2.27. The molecule has 0 aromatic heterocycles. The Morgan fingerprint density at radius 2 is 1.89 bits per heavy atom. The predicted octanol–water partition coefficient (Wildman–Crippen LogP) is 2.60. The summed E-state index contributed by atoms with van der Waals surface area (Å²) in [6.07, 6.45) is 0.243. The van der Waals surface area contributed by atoms with Gasteiger partial charge in [-0.15, -0.1) is 0 Å². The molecule has 1 amide bonds. The molecule has 19 heavy (non-hydrogen) atoms. The summed E-state index contributed by atoms with van der Waals surface area (Å²) in [5.74, 6) is -1.42. The molecule has 102 valence electrons. The van der Waals surface area contributed by atoms with Crippen LogP contribution in [0, 0.1) is 11.3 Å². The van der Waals surface area contributed by atoms with Gasteiger partial charge in [-0.25, -0.2) is 0 Å². The number of rotatable bonds is 2. The number of nitrogens with one attached hydrogen (secondary N) is 1. The highest BCUT2D eigenvalue weighted by Crippen LogP contribution is 2.34. The molecule has 2 atom stereocenters. The highest BCUT2D eigenvalue weighted by atomic mass is 16.6. The van der Waals surface area contributed by atoms with E-state index >= 15 is 0 Å². The van der Waals surface area contributed by atoms with E-state index in [1.54, 1.807) is 12.1 Å². The summed E-state index contributed by atoms with van der Waals surface area (Å²) >= 11 is 0. The van der Waals surface area contributed by atoms with Crippen LogP contribution in [0.15, 0.2) is 30.3 Å². The number of ether oxygens (including phenoxy) is 1. The molecule has 0 spiro atoms. The molecule has 1 heterocycles. The van der Waals surface area contributed by atoms with Crippen molar-refractivity contribution in [1.29, 1.82) is 0 Å². The van der Waals surface area contributed by atoms with Crippen molar-refractivity contribution in [2.24, 2.45) is 11.3 Å². The van der Waals surface area contributed by atoms with Crippen molar-refractivity contribution in [3.05, 3.63) is 30.3 Å². The number of esters is 1. The summed E-state index contributed by atoms with van der Waals surface area (Å²) in [5, 5.41) is 2.75. The Balaban J connectivity index is 2.03. The fraction of sp³-hybridized carbons (Fsp3) is 0.467. The number of cyclic esters (lactones) is 1. The third-order valence-electron chi connectivity index (χ3n) is 3.32. The number of para-hydroxylation sites is 1. The molecule has 4 heteroatoms. The molecule has 1 N–H and O–H groups in total. The minimum Gasteiger partial charge on any atom is -0.461 e. The second kappa shape index (κ2) is 5.03. The Kier molecular flexibility index (Phi) is 3.60. The van der Waals surface area contributed by atoms with Gasteiger partial charge in [-0.1, -0.05) is 39.0 Å². The van der Waals surface area contributed by atoms with Crippen molar-refractivity contribution in [3.8, 4) is 0 Å². The monoisotopic (exact) mass is 261 g/mol. The molecule has 0 saturated carbocycles. The van der Waals surface area contributed by atoms with E-state index in [9.17, 15) is 9.59 Å².